The monoisotopic (exact) mass is 492 g/mol. The number of amides is 2. The van der Waals surface area contributed by atoms with Gasteiger partial charge in [-0.15, -0.1) is 0 Å². The first-order chi connectivity index (χ1) is 16.7. The fraction of sp³-hybridized carbons (Fsp3) is 0.538. The molecule has 4 N–H and O–H groups in total. The van der Waals surface area contributed by atoms with Gasteiger partial charge in [-0.3, -0.25) is 4.79 Å². The van der Waals surface area contributed by atoms with E-state index >= 15 is 0 Å². The predicted molar refractivity (Wildman–Crippen MR) is 132 cm³/mol. The number of nitrogens with one attached hydrogen (secondary N) is 1. The number of anilines is 1. The molecule has 0 saturated heterocycles. The lowest BCUT2D eigenvalue weighted by molar-refractivity contribution is -0.112. The first kappa shape index (κ1) is 28.3. The minimum absolute atomic E-state index is 0.0743. The van der Waals surface area contributed by atoms with Crippen molar-refractivity contribution in [3.05, 3.63) is 46.8 Å². The summed E-state index contributed by atoms with van der Waals surface area (Å²) >= 11 is 0. The average molecular weight is 493 g/mol. The molecule has 194 valence electrons. The molecule has 9 heteroatoms. The van der Waals surface area contributed by atoms with Crippen LogP contribution in [0, 0.1) is 5.82 Å². The van der Waals surface area contributed by atoms with Crippen LogP contribution >= 0.6 is 0 Å². The van der Waals surface area contributed by atoms with Gasteiger partial charge in [-0.05, 0) is 76.5 Å². The van der Waals surface area contributed by atoms with Crippen molar-refractivity contribution in [3.8, 4) is 5.75 Å². The van der Waals surface area contributed by atoms with Crippen molar-refractivity contribution in [3.63, 3.8) is 0 Å². The fourth-order valence-electron chi connectivity index (χ4n) is 4.21. The van der Waals surface area contributed by atoms with E-state index in [0.717, 1.165) is 5.57 Å². The number of ether oxygens (including phenoxy) is 3. The highest BCUT2D eigenvalue weighted by atomic mass is 19.1. The van der Waals surface area contributed by atoms with Crippen molar-refractivity contribution in [1.29, 1.82) is 0 Å². The van der Waals surface area contributed by atoms with Crippen LogP contribution in [0.25, 0.3) is 0 Å². The molecule has 1 heterocycles. The Bertz CT molecular complexity index is 946. The van der Waals surface area contributed by atoms with E-state index in [1.807, 2.05) is 13.0 Å². The summed E-state index contributed by atoms with van der Waals surface area (Å²) in [7, 11) is 3.16. The summed E-state index contributed by atoms with van der Waals surface area (Å²) in [4.78, 5) is 24.2. The lowest BCUT2D eigenvalue weighted by atomic mass is 9.98. The molecule has 3 atom stereocenters. The van der Waals surface area contributed by atoms with Crippen LogP contribution in [0.15, 0.2) is 35.4 Å². The van der Waals surface area contributed by atoms with E-state index in [4.69, 9.17) is 19.9 Å². The average Bonchev–Trinajstić information content (AvgIpc) is 2.82. The largest absolute Gasteiger partial charge is 0.505 e. The Hall–Kier alpha value is -2.91. The second kappa shape index (κ2) is 13.8. The van der Waals surface area contributed by atoms with Gasteiger partial charge in [0.05, 0.1) is 17.9 Å². The molecule has 0 aliphatic carbocycles. The van der Waals surface area contributed by atoms with E-state index in [-0.39, 0.29) is 23.1 Å². The first-order valence-electron chi connectivity index (χ1n) is 11.8. The fourth-order valence-corrected chi connectivity index (χ4v) is 4.21. The van der Waals surface area contributed by atoms with E-state index in [0.29, 0.717) is 50.5 Å². The molecule has 1 aliphatic heterocycles. The standard InChI is InChI=1S/C26H37FN2O6/c1-16-8-5-10-18(33-3)11-7-12-19-20(27)14-15-21(23(19)30)29-25(31)17(2)9-6-13-22(34-4)24(16)35-26(28)32/h8-9,14-15,18,22,24,30H,5-7,10-13H2,1-4H3,(H2,28,32)(H,29,31)/b16-8+,17-9+. The zero-order chi connectivity index (χ0) is 26.0. The number of aromatic hydroxyl groups is 1. The molecule has 2 rings (SSSR count). The maximum absolute atomic E-state index is 14.4. The van der Waals surface area contributed by atoms with Gasteiger partial charge in [0.15, 0.2) is 6.10 Å². The number of nitrogens with two attached hydrogens (primary N) is 1. The number of methoxy groups -OCH3 is 2. The lowest BCUT2D eigenvalue weighted by Crippen LogP contribution is -2.35. The zero-order valence-electron chi connectivity index (χ0n) is 20.9. The van der Waals surface area contributed by atoms with Crippen molar-refractivity contribution < 1.29 is 33.3 Å². The molecule has 8 nitrogen and oxygen atoms in total. The van der Waals surface area contributed by atoms with Crippen LogP contribution in [0.3, 0.4) is 0 Å². The van der Waals surface area contributed by atoms with Gasteiger partial charge < -0.3 is 30.4 Å². The highest BCUT2D eigenvalue weighted by Crippen LogP contribution is 2.32. The number of halogens is 1. The third-order valence-corrected chi connectivity index (χ3v) is 6.31. The summed E-state index contributed by atoms with van der Waals surface area (Å²) in [6, 6.07) is 2.59. The normalized spacial score (nSPS) is 26.1. The van der Waals surface area contributed by atoms with Gasteiger partial charge in [-0.2, -0.15) is 0 Å². The third kappa shape index (κ3) is 8.36. The van der Waals surface area contributed by atoms with Crippen LogP contribution in [0.2, 0.25) is 0 Å². The van der Waals surface area contributed by atoms with Gasteiger partial charge in [0.1, 0.15) is 11.6 Å². The summed E-state index contributed by atoms with van der Waals surface area (Å²) < 4.78 is 31.0. The lowest BCUT2D eigenvalue weighted by Gasteiger charge is -2.26. The Morgan fingerprint density at radius 1 is 1.11 bits per heavy atom. The topological polar surface area (TPSA) is 120 Å². The summed E-state index contributed by atoms with van der Waals surface area (Å²) in [5, 5.41) is 13.3. The number of allylic oxidation sites excluding steroid dienone is 2. The molecule has 2 bridgehead atoms. The molecule has 2 amide bonds. The van der Waals surface area contributed by atoms with Crippen molar-refractivity contribution >= 4 is 17.7 Å². The van der Waals surface area contributed by atoms with Gasteiger partial charge in [0.25, 0.3) is 5.91 Å². The number of benzene rings is 1. The second-order valence-corrected chi connectivity index (χ2v) is 8.75. The Morgan fingerprint density at radius 3 is 2.49 bits per heavy atom. The minimum atomic E-state index is -0.891. The summed E-state index contributed by atoms with van der Waals surface area (Å²) in [6.45, 7) is 3.51. The molecule has 35 heavy (non-hydrogen) atoms. The molecule has 0 saturated carbocycles. The minimum Gasteiger partial charge on any atom is -0.505 e. The highest BCUT2D eigenvalue weighted by Gasteiger charge is 2.26. The smallest absolute Gasteiger partial charge is 0.405 e. The van der Waals surface area contributed by atoms with E-state index in [9.17, 15) is 19.1 Å². The number of fused-ring (bicyclic) bond motifs is 2. The van der Waals surface area contributed by atoms with Crippen molar-refractivity contribution in [1.82, 2.24) is 0 Å². The van der Waals surface area contributed by atoms with Crippen molar-refractivity contribution in [2.24, 2.45) is 5.73 Å². The van der Waals surface area contributed by atoms with Crippen LogP contribution in [0.4, 0.5) is 14.9 Å². The quantitative estimate of drug-likeness (QED) is 0.414. The summed E-state index contributed by atoms with van der Waals surface area (Å²) in [5.41, 5.74) is 6.86. The zero-order valence-corrected chi connectivity index (χ0v) is 20.9. The van der Waals surface area contributed by atoms with Crippen LogP contribution in [0.1, 0.15) is 57.9 Å². The van der Waals surface area contributed by atoms with Gasteiger partial charge in [-0.25, -0.2) is 9.18 Å². The number of primary amides is 1. The predicted octanol–water partition coefficient (Wildman–Crippen LogP) is 4.75. The number of hydrogen-bond acceptors (Lipinski definition) is 6. The van der Waals surface area contributed by atoms with Crippen LogP contribution in [0.5, 0.6) is 5.75 Å². The Kier molecular flexibility index (Phi) is 11.2. The Morgan fingerprint density at radius 2 is 1.83 bits per heavy atom. The van der Waals surface area contributed by atoms with Crippen LogP contribution in [-0.2, 0) is 25.4 Å². The maximum Gasteiger partial charge on any atom is 0.405 e. The number of hydrogen-bond donors (Lipinski definition) is 3. The molecule has 0 spiro atoms. The van der Waals surface area contributed by atoms with Gasteiger partial charge in [0.2, 0.25) is 0 Å². The third-order valence-electron chi connectivity index (χ3n) is 6.31. The number of phenols is 1. The molecular formula is C26H37FN2O6. The van der Waals surface area contributed by atoms with Crippen LogP contribution in [-0.4, -0.2) is 49.6 Å². The van der Waals surface area contributed by atoms with Gasteiger partial charge in [-0.1, -0.05) is 12.2 Å². The Labute approximate surface area is 206 Å². The van der Waals surface area contributed by atoms with E-state index < -0.39 is 30.0 Å². The number of carbonyl (C=O) groups is 2. The first-order valence-corrected chi connectivity index (χ1v) is 11.8. The summed E-state index contributed by atoms with van der Waals surface area (Å²) in [6.07, 6.45) is 5.48. The molecule has 3 unspecified atom stereocenters. The maximum atomic E-state index is 14.4. The van der Waals surface area contributed by atoms with Crippen molar-refractivity contribution in [2.45, 2.75) is 77.1 Å². The number of carbonyl (C=O) groups excluding carboxylic acids is 2. The molecule has 1 aliphatic rings. The highest BCUT2D eigenvalue weighted by molar-refractivity contribution is 6.04. The molecule has 1 aromatic rings. The van der Waals surface area contributed by atoms with E-state index in [2.05, 4.69) is 5.32 Å². The molecule has 0 fully saturated rings. The molecule has 0 radical (unpaired) electrons. The summed E-state index contributed by atoms with van der Waals surface area (Å²) in [5.74, 6) is -1.19. The SMILES string of the molecule is COC1CC/C=C(\C)C(OC(N)=O)C(OC)CC/C=C(\C)C(=O)Nc2ccc(F)c(c2O)CCC1. The van der Waals surface area contributed by atoms with Crippen molar-refractivity contribution in [2.75, 3.05) is 19.5 Å². The number of rotatable bonds is 3. The Balaban J connectivity index is 2.35. The molecular weight excluding hydrogens is 455 g/mol. The molecule has 0 aromatic heterocycles. The number of phenolic OH excluding ortho intramolecular Hbond substituents is 1. The van der Waals surface area contributed by atoms with Gasteiger partial charge >= 0.3 is 6.09 Å². The second-order valence-electron chi connectivity index (χ2n) is 8.75. The van der Waals surface area contributed by atoms with E-state index in [1.54, 1.807) is 20.1 Å². The van der Waals surface area contributed by atoms with Gasteiger partial charge in [0, 0.05) is 25.4 Å². The molecule has 1 aromatic carbocycles. The van der Waals surface area contributed by atoms with E-state index in [1.165, 1.54) is 19.2 Å². The van der Waals surface area contributed by atoms with Crippen LogP contribution < -0.4 is 11.1 Å².